The van der Waals surface area contributed by atoms with Gasteiger partial charge in [-0.2, -0.15) is 0 Å². The van der Waals surface area contributed by atoms with E-state index in [2.05, 4.69) is 30.1 Å². The van der Waals surface area contributed by atoms with Crippen LogP contribution in [0.2, 0.25) is 0 Å². The second-order valence-corrected chi connectivity index (χ2v) is 6.84. The zero-order valence-corrected chi connectivity index (χ0v) is 16.6. The Bertz CT molecular complexity index is 911. The van der Waals surface area contributed by atoms with E-state index in [1.54, 1.807) is 11.1 Å². The van der Waals surface area contributed by atoms with Crippen LogP contribution in [0.4, 0.5) is 0 Å². The van der Waals surface area contributed by atoms with Gasteiger partial charge in [0.25, 0.3) is 5.91 Å². The number of carbonyl (C=O) groups excluding carboxylic acids is 1. The molecule has 1 saturated heterocycles. The van der Waals surface area contributed by atoms with Crippen LogP contribution in [0.25, 0.3) is 11.1 Å². The molecule has 1 aromatic carbocycles. The average Bonchev–Trinajstić information content (AvgIpc) is 3.12. The van der Waals surface area contributed by atoms with Gasteiger partial charge in [0.2, 0.25) is 0 Å². The Labute approximate surface area is 164 Å². The van der Waals surface area contributed by atoms with Gasteiger partial charge in [0.15, 0.2) is 11.4 Å². The van der Waals surface area contributed by atoms with Crippen molar-refractivity contribution in [1.29, 1.82) is 0 Å². The molecular formula is C21H25N3O4. The number of nitrogens with zero attached hydrogens (tertiary/aromatic N) is 3. The second-order valence-electron chi connectivity index (χ2n) is 6.84. The molecule has 1 amide bonds. The van der Waals surface area contributed by atoms with Crippen LogP contribution in [0, 0.1) is 13.8 Å². The molecule has 2 aromatic rings. The molecule has 2 heterocycles. The minimum absolute atomic E-state index is 0.155. The van der Waals surface area contributed by atoms with Gasteiger partial charge in [-0.3, -0.25) is 4.79 Å². The second kappa shape index (κ2) is 8.39. The van der Waals surface area contributed by atoms with Crippen molar-refractivity contribution in [1.82, 2.24) is 9.88 Å². The van der Waals surface area contributed by atoms with E-state index in [4.69, 9.17) is 9.57 Å². The Morgan fingerprint density at radius 1 is 1.36 bits per heavy atom. The number of rotatable bonds is 5. The van der Waals surface area contributed by atoms with Crippen LogP contribution in [0.5, 0.6) is 5.75 Å². The van der Waals surface area contributed by atoms with Crippen LogP contribution < -0.4 is 4.74 Å². The van der Waals surface area contributed by atoms with Crippen molar-refractivity contribution in [2.45, 2.75) is 26.3 Å². The summed E-state index contributed by atoms with van der Waals surface area (Å²) in [6.45, 7) is 4.25. The molecule has 1 atom stereocenters. The Morgan fingerprint density at radius 3 is 2.82 bits per heavy atom. The van der Waals surface area contributed by atoms with Gasteiger partial charge in [-0.1, -0.05) is 23.4 Å². The number of aryl methyl sites for hydroxylation is 1. The molecule has 148 valence electrons. The van der Waals surface area contributed by atoms with Crippen molar-refractivity contribution in [3.63, 3.8) is 0 Å². The van der Waals surface area contributed by atoms with Gasteiger partial charge in [-0.25, -0.2) is 4.98 Å². The summed E-state index contributed by atoms with van der Waals surface area (Å²) in [7, 11) is 2.98. The predicted molar refractivity (Wildman–Crippen MR) is 107 cm³/mol. The van der Waals surface area contributed by atoms with Crippen LogP contribution >= 0.6 is 0 Å². The molecule has 0 saturated carbocycles. The van der Waals surface area contributed by atoms with Gasteiger partial charge in [0, 0.05) is 18.2 Å². The first-order valence-corrected chi connectivity index (χ1v) is 9.11. The molecule has 0 aliphatic carbocycles. The molecule has 7 nitrogen and oxygen atoms in total. The van der Waals surface area contributed by atoms with Gasteiger partial charge < -0.3 is 19.6 Å². The highest BCUT2D eigenvalue weighted by Gasteiger charge is 2.35. The lowest BCUT2D eigenvalue weighted by atomic mass is 9.98. The fraction of sp³-hybridized carbons (Fsp3) is 0.381. The lowest BCUT2D eigenvalue weighted by molar-refractivity contribution is 0.0670. The van der Waals surface area contributed by atoms with E-state index in [9.17, 15) is 9.90 Å². The Kier molecular flexibility index (Phi) is 5.94. The SMILES string of the molecule is CO/N=C1/C[C@@H](CO)N(C(=O)c2ncc(-c3cccc(C)c3C)cc2OC)C1. The smallest absolute Gasteiger partial charge is 0.276 e. The molecule has 0 radical (unpaired) electrons. The monoisotopic (exact) mass is 383 g/mol. The number of hydrogen-bond acceptors (Lipinski definition) is 6. The third-order valence-electron chi connectivity index (χ3n) is 5.15. The first-order valence-electron chi connectivity index (χ1n) is 9.11. The molecule has 0 unspecified atom stereocenters. The first-order chi connectivity index (χ1) is 13.5. The van der Waals surface area contributed by atoms with Crippen molar-refractivity contribution in [2.24, 2.45) is 5.16 Å². The van der Waals surface area contributed by atoms with Crippen molar-refractivity contribution < 1.29 is 19.5 Å². The summed E-state index contributed by atoms with van der Waals surface area (Å²) in [6.07, 6.45) is 2.16. The number of benzene rings is 1. The van der Waals surface area contributed by atoms with Crippen LogP contribution in [0.15, 0.2) is 35.6 Å². The van der Waals surface area contributed by atoms with Crippen LogP contribution in [-0.4, -0.2) is 60.0 Å². The fourth-order valence-electron chi connectivity index (χ4n) is 3.48. The van der Waals surface area contributed by atoms with Crippen LogP contribution in [-0.2, 0) is 4.84 Å². The van der Waals surface area contributed by atoms with E-state index in [-0.39, 0.29) is 24.2 Å². The number of aliphatic hydroxyl groups excluding tert-OH is 1. The van der Waals surface area contributed by atoms with Crippen LogP contribution in [0.3, 0.4) is 0 Å². The van der Waals surface area contributed by atoms with E-state index in [1.807, 2.05) is 18.2 Å². The maximum absolute atomic E-state index is 13.1. The molecule has 0 spiro atoms. The van der Waals surface area contributed by atoms with Gasteiger partial charge in [-0.05, 0) is 36.6 Å². The third kappa shape index (κ3) is 3.71. The third-order valence-corrected chi connectivity index (χ3v) is 5.15. The number of ether oxygens (including phenoxy) is 1. The highest BCUT2D eigenvalue weighted by molar-refractivity contribution is 6.01. The number of aromatic nitrogens is 1. The predicted octanol–water partition coefficient (Wildman–Crippen LogP) is 2.58. The summed E-state index contributed by atoms with van der Waals surface area (Å²) in [6, 6.07) is 7.55. The standard InChI is InChI=1S/C21H25N3O4/c1-13-6-5-7-18(14(13)2)15-8-19(27-3)20(22-10-15)21(26)24-11-16(23-28-4)9-17(24)12-25/h5-8,10,17,25H,9,11-12H2,1-4H3/b23-16-/t17-/m0/s1. The van der Waals surface area contributed by atoms with Crippen LogP contribution in [0.1, 0.15) is 28.0 Å². The molecule has 3 rings (SSSR count). The number of oxime groups is 1. The number of carbonyl (C=O) groups is 1. The Hall–Kier alpha value is -2.93. The summed E-state index contributed by atoms with van der Waals surface area (Å²) in [5, 5.41) is 13.6. The summed E-state index contributed by atoms with van der Waals surface area (Å²) >= 11 is 0. The minimum Gasteiger partial charge on any atom is -0.494 e. The number of aliphatic hydroxyl groups is 1. The number of hydrogen-bond donors (Lipinski definition) is 1. The zero-order chi connectivity index (χ0) is 20.3. The summed E-state index contributed by atoms with van der Waals surface area (Å²) in [5.41, 5.74) is 5.20. The number of amides is 1. The molecule has 1 aliphatic rings. The number of methoxy groups -OCH3 is 1. The molecule has 0 bridgehead atoms. The van der Waals surface area contributed by atoms with E-state index < -0.39 is 0 Å². The quantitative estimate of drug-likeness (QED) is 0.803. The zero-order valence-electron chi connectivity index (χ0n) is 16.6. The van der Waals surface area contributed by atoms with Gasteiger partial charge in [0.1, 0.15) is 7.11 Å². The summed E-state index contributed by atoms with van der Waals surface area (Å²) in [4.78, 5) is 23.9. The van der Waals surface area contributed by atoms with E-state index >= 15 is 0 Å². The van der Waals surface area contributed by atoms with E-state index in [1.165, 1.54) is 19.8 Å². The summed E-state index contributed by atoms with van der Waals surface area (Å²) < 4.78 is 5.47. The van der Waals surface area contributed by atoms with Gasteiger partial charge >= 0.3 is 0 Å². The molecular weight excluding hydrogens is 358 g/mol. The summed E-state index contributed by atoms with van der Waals surface area (Å²) in [5.74, 6) is 0.0990. The van der Waals surface area contributed by atoms with Crippen molar-refractivity contribution in [3.05, 3.63) is 47.3 Å². The molecule has 28 heavy (non-hydrogen) atoms. The van der Waals surface area contributed by atoms with Gasteiger partial charge in [-0.15, -0.1) is 0 Å². The Morgan fingerprint density at radius 2 is 2.14 bits per heavy atom. The average molecular weight is 383 g/mol. The number of likely N-dealkylation sites (tertiary alicyclic amines) is 1. The number of pyridine rings is 1. The molecule has 7 heteroatoms. The topological polar surface area (TPSA) is 84.3 Å². The first kappa shape index (κ1) is 19.8. The fourth-order valence-corrected chi connectivity index (χ4v) is 3.48. The van der Waals surface area contributed by atoms with Crippen molar-refractivity contribution in [2.75, 3.05) is 27.4 Å². The normalized spacial score (nSPS) is 17.8. The molecule has 1 N–H and O–H groups in total. The lowest BCUT2D eigenvalue weighted by Gasteiger charge is -2.22. The highest BCUT2D eigenvalue weighted by atomic mass is 16.6. The molecule has 1 aliphatic heterocycles. The maximum atomic E-state index is 13.1. The Balaban J connectivity index is 1.95. The van der Waals surface area contributed by atoms with Crippen molar-refractivity contribution in [3.8, 4) is 16.9 Å². The molecule has 1 fully saturated rings. The molecule has 1 aromatic heterocycles. The van der Waals surface area contributed by atoms with E-state index in [0.29, 0.717) is 24.4 Å². The minimum atomic E-state index is -0.355. The maximum Gasteiger partial charge on any atom is 0.276 e. The van der Waals surface area contributed by atoms with E-state index in [0.717, 1.165) is 16.7 Å². The lowest BCUT2D eigenvalue weighted by Crippen LogP contribution is -2.38. The van der Waals surface area contributed by atoms with Crippen molar-refractivity contribution >= 4 is 11.6 Å². The largest absolute Gasteiger partial charge is 0.494 e. The highest BCUT2D eigenvalue weighted by Crippen LogP contribution is 2.30. The van der Waals surface area contributed by atoms with Gasteiger partial charge in [0.05, 0.1) is 32.0 Å².